The standard InChI is InChI=1S/C23H26F3N3O5/c1-4-33-22(32)19-13(2)18(14(3)28-19)17(30)12-34-21(31)15-7-6-10-29(11-15)20-16(23(24,25)26)8-5-9-27-20/h5,8-9,15,28H,4,6-7,10-12H2,1-3H3. The molecule has 0 radical (unpaired) electrons. The smallest absolute Gasteiger partial charge is 0.419 e. The van der Waals surface area contributed by atoms with E-state index in [0.717, 1.165) is 6.07 Å². The van der Waals surface area contributed by atoms with Gasteiger partial charge < -0.3 is 19.4 Å². The molecule has 3 heterocycles. The molecule has 1 aliphatic heterocycles. The van der Waals surface area contributed by atoms with Crippen molar-refractivity contribution in [1.29, 1.82) is 0 Å². The number of ether oxygens (including phenoxy) is 2. The summed E-state index contributed by atoms with van der Waals surface area (Å²) in [5.74, 6) is -2.68. The Kier molecular flexibility index (Phi) is 7.63. The fraction of sp³-hybridized carbons (Fsp3) is 0.478. The average Bonchev–Trinajstić information content (AvgIpc) is 3.11. The topological polar surface area (TPSA) is 102 Å². The minimum atomic E-state index is -4.57. The lowest BCUT2D eigenvalue weighted by Gasteiger charge is -2.33. The van der Waals surface area contributed by atoms with E-state index in [0.29, 0.717) is 30.6 Å². The van der Waals surface area contributed by atoms with Crippen molar-refractivity contribution in [3.05, 3.63) is 46.4 Å². The number of aromatic amines is 1. The van der Waals surface area contributed by atoms with Crippen LogP contribution in [-0.2, 0) is 20.4 Å². The van der Waals surface area contributed by atoms with Crippen LogP contribution in [0.4, 0.5) is 19.0 Å². The first kappa shape index (κ1) is 25.3. The van der Waals surface area contributed by atoms with E-state index in [-0.39, 0.29) is 30.2 Å². The minimum absolute atomic E-state index is 0.00232. The van der Waals surface area contributed by atoms with E-state index in [9.17, 15) is 27.6 Å². The summed E-state index contributed by atoms with van der Waals surface area (Å²) in [6, 6.07) is 2.17. The summed E-state index contributed by atoms with van der Waals surface area (Å²) < 4.78 is 50.3. The highest BCUT2D eigenvalue weighted by Gasteiger charge is 2.37. The van der Waals surface area contributed by atoms with Crippen LogP contribution in [0.3, 0.4) is 0 Å². The molecule has 0 spiro atoms. The Morgan fingerprint density at radius 3 is 2.65 bits per heavy atom. The molecule has 1 N–H and O–H groups in total. The van der Waals surface area contributed by atoms with E-state index in [1.165, 1.54) is 17.2 Å². The van der Waals surface area contributed by atoms with Crippen molar-refractivity contribution in [3.8, 4) is 0 Å². The minimum Gasteiger partial charge on any atom is -0.461 e. The monoisotopic (exact) mass is 481 g/mol. The number of anilines is 1. The van der Waals surface area contributed by atoms with Crippen LogP contribution in [0.5, 0.6) is 0 Å². The van der Waals surface area contributed by atoms with Crippen LogP contribution in [0.25, 0.3) is 0 Å². The van der Waals surface area contributed by atoms with Crippen LogP contribution in [0, 0.1) is 19.8 Å². The van der Waals surface area contributed by atoms with Crippen molar-refractivity contribution >= 4 is 23.5 Å². The second-order valence-corrected chi connectivity index (χ2v) is 8.03. The number of H-pyrrole nitrogens is 1. The van der Waals surface area contributed by atoms with Gasteiger partial charge in [-0.15, -0.1) is 0 Å². The van der Waals surface area contributed by atoms with E-state index < -0.39 is 42.0 Å². The van der Waals surface area contributed by atoms with Crippen LogP contribution in [0.2, 0.25) is 0 Å². The number of carbonyl (C=O) groups excluding carboxylic acids is 3. The maximum absolute atomic E-state index is 13.4. The molecule has 0 amide bonds. The number of halogens is 3. The number of rotatable bonds is 7. The summed E-state index contributed by atoms with van der Waals surface area (Å²) in [6.45, 7) is 4.83. The Morgan fingerprint density at radius 1 is 1.24 bits per heavy atom. The van der Waals surface area contributed by atoms with Gasteiger partial charge in [0.05, 0.1) is 18.1 Å². The van der Waals surface area contributed by atoms with Crippen molar-refractivity contribution in [2.45, 2.75) is 39.8 Å². The molecular formula is C23H26F3N3O5. The van der Waals surface area contributed by atoms with Gasteiger partial charge in [0.2, 0.25) is 5.78 Å². The Balaban J connectivity index is 1.66. The van der Waals surface area contributed by atoms with Gasteiger partial charge in [-0.25, -0.2) is 9.78 Å². The highest BCUT2D eigenvalue weighted by atomic mass is 19.4. The van der Waals surface area contributed by atoms with Gasteiger partial charge >= 0.3 is 18.1 Å². The summed E-state index contributed by atoms with van der Waals surface area (Å²) in [4.78, 5) is 45.5. The molecule has 8 nitrogen and oxygen atoms in total. The highest BCUT2D eigenvalue weighted by Crippen LogP contribution is 2.36. The number of aromatic nitrogens is 2. The Bertz CT molecular complexity index is 1080. The van der Waals surface area contributed by atoms with Gasteiger partial charge in [-0.2, -0.15) is 13.2 Å². The fourth-order valence-electron chi connectivity index (χ4n) is 4.13. The van der Waals surface area contributed by atoms with Gasteiger partial charge in [0.15, 0.2) is 6.61 Å². The number of esters is 2. The van der Waals surface area contributed by atoms with Crippen LogP contribution in [0.15, 0.2) is 18.3 Å². The highest BCUT2D eigenvalue weighted by molar-refractivity contribution is 6.03. The Hall–Kier alpha value is -3.37. The Labute approximate surface area is 194 Å². The van der Waals surface area contributed by atoms with Crippen LogP contribution < -0.4 is 4.90 Å². The van der Waals surface area contributed by atoms with Crippen molar-refractivity contribution in [3.63, 3.8) is 0 Å². The predicted octanol–water partition coefficient (Wildman–Crippen LogP) is 3.86. The van der Waals surface area contributed by atoms with Crippen molar-refractivity contribution in [1.82, 2.24) is 9.97 Å². The third-order valence-corrected chi connectivity index (χ3v) is 5.69. The number of nitrogens with one attached hydrogen (secondary N) is 1. The average molecular weight is 481 g/mol. The number of piperidine rings is 1. The first-order chi connectivity index (χ1) is 16.0. The zero-order valence-electron chi connectivity index (χ0n) is 19.1. The molecule has 1 aliphatic rings. The first-order valence-electron chi connectivity index (χ1n) is 10.9. The van der Waals surface area contributed by atoms with Gasteiger partial charge in [-0.3, -0.25) is 9.59 Å². The SMILES string of the molecule is CCOC(=O)c1[nH]c(C)c(C(=O)COC(=O)C2CCCN(c3ncccc3C(F)(F)F)C2)c1C. The molecule has 34 heavy (non-hydrogen) atoms. The first-order valence-corrected chi connectivity index (χ1v) is 10.9. The lowest BCUT2D eigenvalue weighted by Crippen LogP contribution is -2.41. The quantitative estimate of drug-likeness (QED) is 0.473. The molecular weight excluding hydrogens is 455 g/mol. The Morgan fingerprint density at radius 2 is 1.97 bits per heavy atom. The molecule has 2 aromatic heterocycles. The van der Waals surface area contributed by atoms with Gasteiger partial charge in [-0.05, 0) is 51.3 Å². The summed E-state index contributed by atoms with van der Waals surface area (Å²) in [5.41, 5.74) is 0.378. The van der Waals surface area contributed by atoms with Gasteiger partial charge in [-0.1, -0.05) is 0 Å². The molecule has 0 aliphatic carbocycles. The molecule has 0 saturated carbocycles. The number of hydrogen-bond acceptors (Lipinski definition) is 7. The second kappa shape index (κ2) is 10.3. The second-order valence-electron chi connectivity index (χ2n) is 8.03. The molecule has 2 aromatic rings. The summed E-state index contributed by atoms with van der Waals surface area (Å²) >= 11 is 0. The lowest BCUT2D eigenvalue weighted by molar-refractivity contribution is -0.147. The third kappa shape index (κ3) is 5.40. The van der Waals surface area contributed by atoms with E-state index >= 15 is 0 Å². The van der Waals surface area contributed by atoms with Gasteiger partial charge in [0.25, 0.3) is 0 Å². The molecule has 184 valence electrons. The molecule has 11 heteroatoms. The van der Waals surface area contributed by atoms with Gasteiger partial charge in [0, 0.05) is 30.5 Å². The van der Waals surface area contributed by atoms with Crippen molar-refractivity contribution in [2.24, 2.45) is 5.92 Å². The maximum Gasteiger partial charge on any atom is 0.419 e. The molecule has 1 unspecified atom stereocenters. The molecule has 3 rings (SSSR count). The van der Waals surface area contributed by atoms with Crippen LogP contribution >= 0.6 is 0 Å². The van der Waals surface area contributed by atoms with E-state index in [4.69, 9.17) is 9.47 Å². The summed E-state index contributed by atoms with van der Waals surface area (Å²) in [6.07, 6.45) is -2.40. The van der Waals surface area contributed by atoms with Crippen LogP contribution in [-0.4, -0.2) is 54.0 Å². The number of carbonyl (C=O) groups is 3. The van der Waals surface area contributed by atoms with Crippen LogP contribution in [0.1, 0.15) is 57.4 Å². The summed E-state index contributed by atoms with van der Waals surface area (Å²) in [7, 11) is 0. The number of alkyl halides is 3. The molecule has 1 atom stereocenters. The van der Waals surface area contributed by atoms with Crippen molar-refractivity contribution < 1.29 is 37.0 Å². The third-order valence-electron chi connectivity index (χ3n) is 5.69. The summed E-state index contributed by atoms with van der Waals surface area (Å²) in [5, 5.41) is 0. The van der Waals surface area contributed by atoms with E-state index in [1.54, 1.807) is 20.8 Å². The molecule has 0 bridgehead atoms. The van der Waals surface area contributed by atoms with Gasteiger partial charge in [0.1, 0.15) is 11.5 Å². The molecule has 1 saturated heterocycles. The van der Waals surface area contributed by atoms with E-state index in [2.05, 4.69) is 9.97 Å². The maximum atomic E-state index is 13.4. The predicted molar refractivity (Wildman–Crippen MR) is 116 cm³/mol. The zero-order chi connectivity index (χ0) is 25.0. The largest absolute Gasteiger partial charge is 0.461 e. The number of aryl methyl sites for hydroxylation is 1. The number of ketones is 1. The fourth-order valence-corrected chi connectivity index (χ4v) is 4.13. The normalized spacial score (nSPS) is 16.3. The number of hydrogen-bond donors (Lipinski definition) is 1. The lowest BCUT2D eigenvalue weighted by atomic mass is 9.97. The number of Topliss-reactive ketones (excluding diaryl/α,β-unsaturated/α-hetero) is 1. The molecule has 0 aromatic carbocycles. The molecule has 1 fully saturated rings. The van der Waals surface area contributed by atoms with E-state index in [1.807, 2.05) is 0 Å². The van der Waals surface area contributed by atoms with Crippen molar-refractivity contribution in [2.75, 3.05) is 31.2 Å². The number of nitrogens with zero attached hydrogens (tertiary/aromatic N) is 2. The number of pyridine rings is 1. The zero-order valence-corrected chi connectivity index (χ0v) is 19.1.